The normalized spacial score (nSPS) is 15.1. The zero-order valence-corrected chi connectivity index (χ0v) is 18.0. The van der Waals surface area contributed by atoms with E-state index in [1.54, 1.807) is 24.3 Å². The minimum absolute atomic E-state index is 0.0162. The molecule has 33 heavy (non-hydrogen) atoms. The standard InChI is InChI=1S/C21H19FN4O6S/c22-16-3-1-15(2-4-16)21-8-5-17(32-21)14-23-24-19-7-6-18(13-20(19)26(27)28)33(29,30)25-9-11-31-12-10-25/h1-8,13-14,24H,9-12H2/b23-14+. The van der Waals surface area contributed by atoms with E-state index >= 15 is 0 Å². The van der Waals surface area contributed by atoms with Crippen LogP contribution in [0.5, 0.6) is 0 Å². The molecule has 1 N–H and O–H groups in total. The van der Waals surface area contributed by atoms with Gasteiger partial charge in [-0.1, -0.05) is 0 Å². The minimum Gasteiger partial charge on any atom is -0.455 e. The van der Waals surface area contributed by atoms with Crippen LogP contribution in [0.3, 0.4) is 0 Å². The zero-order valence-electron chi connectivity index (χ0n) is 17.2. The second-order valence-electron chi connectivity index (χ2n) is 7.03. The average Bonchev–Trinajstić information content (AvgIpc) is 3.29. The highest BCUT2D eigenvalue weighted by molar-refractivity contribution is 7.89. The van der Waals surface area contributed by atoms with Gasteiger partial charge in [-0.3, -0.25) is 15.5 Å². The molecule has 3 aromatic rings. The van der Waals surface area contributed by atoms with E-state index < -0.39 is 20.6 Å². The number of halogens is 1. The fourth-order valence-electron chi connectivity index (χ4n) is 3.21. The van der Waals surface area contributed by atoms with Crippen LogP contribution in [0.15, 0.2) is 69.0 Å². The van der Waals surface area contributed by atoms with E-state index in [-0.39, 0.29) is 42.7 Å². The van der Waals surface area contributed by atoms with Gasteiger partial charge < -0.3 is 9.15 Å². The molecule has 0 saturated carbocycles. The number of hydrazone groups is 1. The van der Waals surface area contributed by atoms with Gasteiger partial charge in [0.25, 0.3) is 5.69 Å². The smallest absolute Gasteiger partial charge is 0.295 e. The van der Waals surface area contributed by atoms with Crippen molar-refractivity contribution in [3.63, 3.8) is 0 Å². The van der Waals surface area contributed by atoms with Crippen molar-refractivity contribution < 1.29 is 26.9 Å². The molecule has 0 bridgehead atoms. The quantitative estimate of drug-likeness (QED) is 0.316. The van der Waals surface area contributed by atoms with Crippen molar-refractivity contribution in [2.75, 3.05) is 31.7 Å². The summed E-state index contributed by atoms with van der Waals surface area (Å²) in [4.78, 5) is 10.7. The van der Waals surface area contributed by atoms with Gasteiger partial charge in [0.2, 0.25) is 10.0 Å². The van der Waals surface area contributed by atoms with E-state index in [0.717, 1.165) is 6.07 Å². The summed E-state index contributed by atoms with van der Waals surface area (Å²) >= 11 is 0. The van der Waals surface area contributed by atoms with Crippen molar-refractivity contribution in [3.05, 3.63) is 76.3 Å². The number of nitrogens with zero attached hydrogens (tertiary/aromatic N) is 3. The van der Waals surface area contributed by atoms with Crippen molar-refractivity contribution in [3.8, 4) is 11.3 Å². The molecule has 0 atom stereocenters. The molecule has 10 nitrogen and oxygen atoms in total. The SMILES string of the molecule is O=[N+]([O-])c1cc(S(=O)(=O)N2CCOCC2)ccc1N/N=C/c1ccc(-c2ccc(F)cc2)o1. The van der Waals surface area contributed by atoms with E-state index in [4.69, 9.17) is 9.15 Å². The first-order valence-electron chi connectivity index (χ1n) is 9.86. The number of furan rings is 1. The Labute approximate surface area is 188 Å². The van der Waals surface area contributed by atoms with Gasteiger partial charge in [0.1, 0.15) is 23.0 Å². The molecular formula is C21H19FN4O6S. The third-order valence-electron chi connectivity index (χ3n) is 4.91. The largest absolute Gasteiger partial charge is 0.455 e. The minimum atomic E-state index is -3.88. The van der Waals surface area contributed by atoms with Gasteiger partial charge in [0.15, 0.2) is 0 Å². The first-order chi connectivity index (χ1) is 15.8. The number of hydrogen-bond acceptors (Lipinski definition) is 8. The molecule has 4 rings (SSSR count). The maximum absolute atomic E-state index is 13.1. The predicted octanol–water partition coefficient (Wildman–Crippen LogP) is 3.46. The summed E-state index contributed by atoms with van der Waals surface area (Å²) in [5.41, 5.74) is 2.80. The maximum Gasteiger partial charge on any atom is 0.295 e. The molecular weight excluding hydrogens is 455 g/mol. The average molecular weight is 474 g/mol. The lowest BCUT2D eigenvalue weighted by Gasteiger charge is -2.26. The fraction of sp³-hybridized carbons (Fsp3) is 0.190. The van der Waals surface area contributed by atoms with E-state index in [2.05, 4.69) is 10.5 Å². The van der Waals surface area contributed by atoms with Gasteiger partial charge in [-0.15, -0.1) is 0 Å². The second kappa shape index (κ2) is 9.48. The Balaban J connectivity index is 1.51. The van der Waals surface area contributed by atoms with Crippen molar-refractivity contribution in [1.29, 1.82) is 0 Å². The number of nitro benzene ring substituents is 1. The van der Waals surface area contributed by atoms with Crippen molar-refractivity contribution >= 4 is 27.6 Å². The number of rotatable bonds is 7. The van der Waals surface area contributed by atoms with Crippen LogP contribution in [0, 0.1) is 15.9 Å². The molecule has 1 aromatic heterocycles. The van der Waals surface area contributed by atoms with Crippen LogP contribution in [0.2, 0.25) is 0 Å². The Bertz CT molecular complexity index is 1280. The number of morpholine rings is 1. The molecule has 0 spiro atoms. The Morgan fingerprint density at radius 3 is 2.52 bits per heavy atom. The lowest BCUT2D eigenvalue weighted by atomic mass is 10.2. The number of nitro groups is 1. The first-order valence-corrected chi connectivity index (χ1v) is 11.3. The number of hydrogen-bond donors (Lipinski definition) is 1. The van der Waals surface area contributed by atoms with E-state index in [0.29, 0.717) is 17.1 Å². The molecule has 2 heterocycles. The Morgan fingerprint density at radius 1 is 1.09 bits per heavy atom. The van der Waals surface area contributed by atoms with E-state index in [9.17, 15) is 22.9 Å². The van der Waals surface area contributed by atoms with Crippen molar-refractivity contribution in [2.24, 2.45) is 5.10 Å². The van der Waals surface area contributed by atoms with Gasteiger partial charge in [-0.25, -0.2) is 12.8 Å². The summed E-state index contributed by atoms with van der Waals surface area (Å²) in [5, 5.41) is 15.5. The van der Waals surface area contributed by atoms with Crippen LogP contribution in [0.4, 0.5) is 15.8 Å². The van der Waals surface area contributed by atoms with Gasteiger partial charge in [-0.05, 0) is 48.5 Å². The number of nitrogens with one attached hydrogen (secondary N) is 1. The molecule has 0 amide bonds. The number of anilines is 1. The summed E-state index contributed by atoms with van der Waals surface area (Å²) in [7, 11) is -3.88. The molecule has 172 valence electrons. The highest BCUT2D eigenvalue weighted by Crippen LogP contribution is 2.29. The summed E-state index contributed by atoms with van der Waals surface area (Å²) in [6, 6.07) is 12.7. The van der Waals surface area contributed by atoms with Crippen LogP contribution < -0.4 is 5.43 Å². The van der Waals surface area contributed by atoms with Crippen LogP contribution in [-0.4, -0.2) is 50.2 Å². The van der Waals surface area contributed by atoms with Gasteiger partial charge in [-0.2, -0.15) is 9.41 Å². The molecule has 1 aliphatic heterocycles. The summed E-state index contributed by atoms with van der Waals surface area (Å²) in [6.45, 7) is 0.906. The summed E-state index contributed by atoms with van der Waals surface area (Å²) in [5.74, 6) is 0.498. The molecule has 2 aromatic carbocycles. The van der Waals surface area contributed by atoms with E-state index in [1.165, 1.54) is 34.8 Å². The molecule has 12 heteroatoms. The lowest BCUT2D eigenvalue weighted by molar-refractivity contribution is -0.384. The molecule has 1 fully saturated rings. The van der Waals surface area contributed by atoms with Crippen molar-refractivity contribution in [1.82, 2.24) is 4.31 Å². The van der Waals surface area contributed by atoms with Gasteiger partial charge in [0, 0.05) is 24.7 Å². The van der Waals surface area contributed by atoms with Gasteiger partial charge in [0.05, 0.1) is 29.2 Å². The number of ether oxygens (including phenoxy) is 1. The topological polar surface area (TPSA) is 127 Å². The van der Waals surface area contributed by atoms with Crippen LogP contribution in [0.25, 0.3) is 11.3 Å². The lowest BCUT2D eigenvalue weighted by Crippen LogP contribution is -2.40. The van der Waals surface area contributed by atoms with Crippen LogP contribution in [-0.2, 0) is 14.8 Å². The molecule has 0 aliphatic carbocycles. The maximum atomic E-state index is 13.1. The third-order valence-corrected chi connectivity index (χ3v) is 6.80. The Hall–Kier alpha value is -3.61. The van der Waals surface area contributed by atoms with Crippen LogP contribution in [0.1, 0.15) is 5.76 Å². The molecule has 0 unspecified atom stereocenters. The third kappa shape index (κ3) is 5.08. The molecule has 1 saturated heterocycles. The Kier molecular flexibility index (Phi) is 6.49. The van der Waals surface area contributed by atoms with Crippen molar-refractivity contribution in [2.45, 2.75) is 4.90 Å². The van der Waals surface area contributed by atoms with E-state index in [1.807, 2.05) is 0 Å². The highest BCUT2D eigenvalue weighted by Gasteiger charge is 2.28. The highest BCUT2D eigenvalue weighted by atomic mass is 32.2. The Morgan fingerprint density at radius 2 is 1.82 bits per heavy atom. The molecule has 0 radical (unpaired) electrons. The summed E-state index contributed by atoms with van der Waals surface area (Å²) in [6.07, 6.45) is 1.31. The zero-order chi connectivity index (χ0) is 23.4. The predicted molar refractivity (Wildman–Crippen MR) is 118 cm³/mol. The summed E-state index contributed by atoms with van der Waals surface area (Å²) < 4.78 is 50.6. The van der Waals surface area contributed by atoms with Gasteiger partial charge >= 0.3 is 0 Å². The molecule has 1 aliphatic rings. The first kappa shape index (κ1) is 22.6. The number of benzene rings is 2. The number of sulfonamides is 1. The second-order valence-corrected chi connectivity index (χ2v) is 8.97. The fourth-order valence-corrected chi connectivity index (χ4v) is 4.64. The van der Waals surface area contributed by atoms with Crippen LogP contribution >= 0.6 is 0 Å². The monoisotopic (exact) mass is 474 g/mol.